The number of carbonyl (C=O) groups excluding carboxylic acids is 1. The van der Waals surface area contributed by atoms with Crippen molar-refractivity contribution in [2.75, 3.05) is 0 Å². The van der Waals surface area contributed by atoms with Gasteiger partial charge in [-0.2, -0.15) is 4.98 Å². The van der Waals surface area contributed by atoms with Gasteiger partial charge in [-0.05, 0) is 38.0 Å². The number of nitrogens with one attached hydrogen (secondary N) is 1. The monoisotopic (exact) mass is 332 g/mol. The minimum absolute atomic E-state index is 0.0824. The highest BCUT2D eigenvalue weighted by atomic mass is 32.1. The predicted molar refractivity (Wildman–Crippen MR) is 84.9 cm³/mol. The van der Waals surface area contributed by atoms with Gasteiger partial charge in [0.1, 0.15) is 5.01 Å². The minimum Gasteiger partial charge on any atom is -0.347 e. The fraction of sp³-hybridized carbons (Fsp3) is 0.625. The van der Waals surface area contributed by atoms with Crippen LogP contribution in [-0.2, 0) is 11.2 Å². The van der Waals surface area contributed by atoms with Crippen LogP contribution in [0.4, 0.5) is 0 Å². The zero-order chi connectivity index (χ0) is 15.6. The third-order valence-electron chi connectivity index (χ3n) is 4.35. The van der Waals surface area contributed by atoms with Gasteiger partial charge in [0.05, 0.1) is 6.04 Å². The van der Waals surface area contributed by atoms with Gasteiger partial charge < -0.3 is 9.84 Å². The third-order valence-corrected chi connectivity index (χ3v) is 5.21. The number of aromatic nitrogens is 3. The first-order valence-corrected chi connectivity index (χ1v) is 9.19. The second-order valence-electron chi connectivity index (χ2n) is 6.43. The Bertz CT molecular complexity index is 661. The highest BCUT2D eigenvalue weighted by molar-refractivity contribution is 7.09. The lowest BCUT2D eigenvalue weighted by Crippen LogP contribution is -2.29. The van der Waals surface area contributed by atoms with E-state index in [4.69, 9.17) is 4.52 Å². The van der Waals surface area contributed by atoms with Crippen LogP contribution >= 0.6 is 11.3 Å². The molecule has 0 radical (unpaired) electrons. The molecule has 0 aromatic carbocycles. The van der Waals surface area contributed by atoms with Crippen LogP contribution < -0.4 is 5.32 Å². The molecular formula is C16H20N4O2S. The summed E-state index contributed by atoms with van der Waals surface area (Å²) in [5.41, 5.74) is 0. The zero-order valence-corrected chi connectivity index (χ0v) is 13.7. The maximum atomic E-state index is 12.2. The lowest BCUT2D eigenvalue weighted by Gasteiger charge is -2.15. The molecule has 1 amide bonds. The minimum atomic E-state index is 0.0824. The van der Waals surface area contributed by atoms with Crippen molar-refractivity contribution in [3.05, 3.63) is 28.3 Å². The van der Waals surface area contributed by atoms with Gasteiger partial charge in [-0.3, -0.25) is 4.79 Å². The number of rotatable bonds is 8. The summed E-state index contributed by atoms with van der Waals surface area (Å²) < 4.78 is 5.23. The van der Waals surface area contributed by atoms with Crippen LogP contribution in [0.25, 0.3) is 0 Å². The Morgan fingerprint density at radius 1 is 1.39 bits per heavy atom. The van der Waals surface area contributed by atoms with Gasteiger partial charge in [-0.25, -0.2) is 4.98 Å². The van der Waals surface area contributed by atoms with E-state index in [1.54, 1.807) is 17.5 Å². The highest BCUT2D eigenvalue weighted by Crippen LogP contribution is 2.41. The topological polar surface area (TPSA) is 80.9 Å². The molecule has 1 unspecified atom stereocenters. The summed E-state index contributed by atoms with van der Waals surface area (Å²) in [6, 6.07) is 0.0902. The van der Waals surface area contributed by atoms with Gasteiger partial charge in [-0.15, -0.1) is 11.3 Å². The van der Waals surface area contributed by atoms with Crippen LogP contribution in [0.1, 0.15) is 67.2 Å². The van der Waals surface area contributed by atoms with Crippen molar-refractivity contribution in [3.8, 4) is 0 Å². The Morgan fingerprint density at radius 3 is 2.96 bits per heavy atom. The van der Waals surface area contributed by atoms with Gasteiger partial charge in [0.25, 0.3) is 0 Å². The van der Waals surface area contributed by atoms with Crippen molar-refractivity contribution in [1.29, 1.82) is 0 Å². The molecule has 4 rings (SSSR count). The van der Waals surface area contributed by atoms with Crippen LogP contribution in [0.5, 0.6) is 0 Å². The first kappa shape index (κ1) is 14.8. The number of hydrogen-bond donors (Lipinski definition) is 1. The average molecular weight is 332 g/mol. The molecule has 2 aliphatic rings. The van der Waals surface area contributed by atoms with E-state index in [2.05, 4.69) is 20.4 Å². The molecule has 2 aromatic heterocycles. The van der Waals surface area contributed by atoms with Crippen molar-refractivity contribution in [2.24, 2.45) is 5.92 Å². The molecular weight excluding hydrogens is 312 g/mol. The summed E-state index contributed by atoms with van der Waals surface area (Å²) in [5.74, 6) is 2.63. The maximum absolute atomic E-state index is 12.2. The summed E-state index contributed by atoms with van der Waals surface area (Å²) >= 11 is 1.61. The summed E-state index contributed by atoms with van der Waals surface area (Å²) in [7, 11) is 0. The van der Waals surface area contributed by atoms with Crippen molar-refractivity contribution >= 4 is 17.2 Å². The normalized spacial score (nSPS) is 18.8. The molecule has 6 nitrogen and oxygen atoms in total. The molecule has 2 fully saturated rings. The van der Waals surface area contributed by atoms with E-state index in [-0.39, 0.29) is 11.9 Å². The van der Waals surface area contributed by atoms with Gasteiger partial charge >= 0.3 is 0 Å². The fourth-order valence-corrected chi connectivity index (χ4v) is 3.50. The molecule has 2 aliphatic carbocycles. The summed E-state index contributed by atoms with van der Waals surface area (Å²) in [5, 5.41) is 10.1. The Kier molecular flexibility index (Phi) is 4.11. The van der Waals surface area contributed by atoms with E-state index >= 15 is 0 Å². The first-order valence-electron chi connectivity index (χ1n) is 8.31. The quantitative estimate of drug-likeness (QED) is 0.803. The van der Waals surface area contributed by atoms with Crippen LogP contribution in [0.2, 0.25) is 0 Å². The van der Waals surface area contributed by atoms with E-state index in [0.717, 1.165) is 17.3 Å². The maximum Gasteiger partial charge on any atom is 0.226 e. The standard InChI is InChI=1S/C16H20N4O2S/c21-12(18-14(10-4-5-10)16-17-8-9-23-16)2-1-3-13-19-15(20-22-13)11-6-7-11/h8-11,14H,1-7H2,(H,18,21). The third kappa shape index (κ3) is 3.77. The van der Waals surface area contributed by atoms with Crippen LogP contribution in [0.15, 0.2) is 16.1 Å². The molecule has 0 saturated heterocycles. The fourth-order valence-electron chi connectivity index (χ4n) is 2.72. The Morgan fingerprint density at radius 2 is 2.26 bits per heavy atom. The number of amides is 1. The number of hydrogen-bond acceptors (Lipinski definition) is 6. The highest BCUT2D eigenvalue weighted by Gasteiger charge is 2.34. The van der Waals surface area contributed by atoms with E-state index in [1.807, 2.05) is 5.38 Å². The molecule has 7 heteroatoms. The van der Waals surface area contributed by atoms with Gasteiger partial charge in [0.15, 0.2) is 5.82 Å². The van der Waals surface area contributed by atoms with Gasteiger partial charge in [0.2, 0.25) is 11.8 Å². The SMILES string of the molecule is O=C(CCCc1nc(C2CC2)no1)NC(c1nccs1)C1CC1. The van der Waals surface area contributed by atoms with Crippen molar-refractivity contribution in [2.45, 2.75) is 56.9 Å². The van der Waals surface area contributed by atoms with Crippen LogP contribution in [-0.4, -0.2) is 21.0 Å². The second-order valence-corrected chi connectivity index (χ2v) is 7.35. The smallest absolute Gasteiger partial charge is 0.226 e. The first-order chi connectivity index (χ1) is 11.3. The van der Waals surface area contributed by atoms with Crippen LogP contribution in [0.3, 0.4) is 0 Å². The average Bonchev–Trinajstić information content (AvgIpc) is 3.47. The largest absolute Gasteiger partial charge is 0.347 e. The Labute approximate surface area is 138 Å². The van der Waals surface area contributed by atoms with Crippen molar-refractivity contribution in [3.63, 3.8) is 0 Å². The lowest BCUT2D eigenvalue weighted by molar-refractivity contribution is -0.122. The molecule has 2 aromatic rings. The van der Waals surface area contributed by atoms with Gasteiger partial charge in [0, 0.05) is 30.3 Å². The number of aryl methyl sites for hydroxylation is 1. The van der Waals surface area contributed by atoms with Crippen molar-refractivity contribution < 1.29 is 9.32 Å². The van der Waals surface area contributed by atoms with E-state index in [9.17, 15) is 4.79 Å². The Hall–Kier alpha value is -1.76. The molecule has 0 bridgehead atoms. The number of nitrogens with zero attached hydrogens (tertiary/aromatic N) is 3. The molecule has 2 heterocycles. The van der Waals surface area contributed by atoms with Crippen LogP contribution in [0, 0.1) is 5.92 Å². The predicted octanol–water partition coefficient (Wildman–Crippen LogP) is 2.99. The van der Waals surface area contributed by atoms with E-state index < -0.39 is 0 Å². The molecule has 23 heavy (non-hydrogen) atoms. The van der Waals surface area contributed by atoms with Crippen molar-refractivity contribution in [1.82, 2.24) is 20.4 Å². The number of thiazole rings is 1. The zero-order valence-electron chi connectivity index (χ0n) is 12.9. The molecule has 1 N–H and O–H groups in total. The molecule has 0 spiro atoms. The Balaban J connectivity index is 1.24. The van der Waals surface area contributed by atoms with E-state index in [0.29, 0.717) is 30.6 Å². The molecule has 1 atom stereocenters. The summed E-state index contributed by atoms with van der Waals surface area (Å²) in [4.78, 5) is 20.9. The molecule has 2 saturated carbocycles. The van der Waals surface area contributed by atoms with E-state index in [1.165, 1.54) is 25.7 Å². The second kappa shape index (κ2) is 6.39. The number of carbonyl (C=O) groups is 1. The lowest BCUT2D eigenvalue weighted by atomic mass is 10.1. The molecule has 122 valence electrons. The summed E-state index contributed by atoms with van der Waals surface area (Å²) in [6.07, 6.45) is 8.37. The van der Waals surface area contributed by atoms with Gasteiger partial charge in [-0.1, -0.05) is 5.16 Å². The summed E-state index contributed by atoms with van der Waals surface area (Å²) in [6.45, 7) is 0. The molecule has 0 aliphatic heterocycles.